The van der Waals surface area contributed by atoms with Gasteiger partial charge in [-0.25, -0.2) is 16.8 Å². The standard InChI is InChI=1S/C17H22N2O4S3.2ClH/c1-18-16-8-9-17(24-16)26(22,23)15-6-4-14(5-7-15)25(20,21)13-12-19-10-2-3-11-19;;/h4-9,18H,2-3,10-13H2,1H3;2*1H. The lowest BCUT2D eigenvalue weighted by Gasteiger charge is -2.14. The van der Waals surface area contributed by atoms with Crippen molar-refractivity contribution in [1.29, 1.82) is 0 Å². The average Bonchev–Trinajstić information content (AvgIpc) is 3.32. The molecule has 0 amide bonds. The summed E-state index contributed by atoms with van der Waals surface area (Å²) in [5, 5.41) is 3.66. The van der Waals surface area contributed by atoms with Crippen molar-refractivity contribution < 1.29 is 16.8 Å². The largest absolute Gasteiger partial charge is 0.380 e. The molecule has 2 heterocycles. The minimum Gasteiger partial charge on any atom is -0.380 e. The first kappa shape index (κ1) is 25.2. The van der Waals surface area contributed by atoms with Crippen LogP contribution in [0.4, 0.5) is 5.00 Å². The quantitative estimate of drug-likeness (QED) is 0.645. The van der Waals surface area contributed by atoms with E-state index in [2.05, 4.69) is 10.2 Å². The molecule has 1 fully saturated rings. The normalized spacial score (nSPS) is 14.9. The first-order valence-electron chi connectivity index (χ1n) is 8.41. The van der Waals surface area contributed by atoms with Crippen LogP contribution in [0.15, 0.2) is 50.4 Å². The van der Waals surface area contributed by atoms with Gasteiger partial charge in [0.25, 0.3) is 0 Å². The molecule has 0 aliphatic carbocycles. The summed E-state index contributed by atoms with van der Waals surface area (Å²) in [5.74, 6) is 0.0511. The van der Waals surface area contributed by atoms with Gasteiger partial charge in [-0.05, 0) is 62.3 Å². The molecule has 0 atom stereocenters. The van der Waals surface area contributed by atoms with Crippen LogP contribution in [0, 0.1) is 0 Å². The van der Waals surface area contributed by atoms with Gasteiger partial charge in [0.15, 0.2) is 9.84 Å². The van der Waals surface area contributed by atoms with Crippen molar-refractivity contribution in [2.75, 3.05) is 37.8 Å². The molecule has 2 aromatic rings. The van der Waals surface area contributed by atoms with E-state index in [4.69, 9.17) is 0 Å². The highest BCUT2D eigenvalue weighted by Gasteiger charge is 2.22. The summed E-state index contributed by atoms with van der Waals surface area (Å²) in [5.41, 5.74) is 0. The average molecular weight is 487 g/mol. The van der Waals surface area contributed by atoms with Crippen molar-refractivity contribution in [1.82, 2.24) is 4.90 Å². The highest BCUT2D eigenvalue weighted by Crippen LogP contribution is 2.31. The minimum atomic E-state index is -3.64. The molecule has 0 saturated carbocycles. The van der Waals surface area contributed by atoms with Gasteiger partial charge in [0.1, 0.15) is 4.21 Å². The van der Waals surface area contributed by atoms with Crippen molar-refractivity contribution in [2.24, 2.45) is 0 Å². The van der Waals surface area contributed by atoms with Crippen molar-refractivity contribution in [3.63, 3.8) is 0 Å². The molecule has 0 bridgehead atoms. The van der Waals surface area contributed by atoms with Gasteiger partial charge in [0, 0.05) is 13.6 Å². The number of nitrogens with zero attached hydrogens (tertiary/aromatic N) is 1. The third-order valence-corrected chi connectivity index (χ3v) is 9.54. The van der Waals surface area contributed by atoms with Crippen LogP contribution in [0.5, 0.6) is 0 Å². The molecule has 11 heteroatoms. The highest BCUT2D eigenvalue weighted by atomic mass is 35.5. The molecule has 0 unspecified atom stereocenters. The van der Waals surface area contributed by atoms with E-state index in [9.17, 15) is 16.8 Å². The van der Waals surface area contributed by atoms with Crippen LogP contribution in [0.25, 0.3) is 0 Å². The van der Waals surface area contributed by atoms with Gasteiger partial charge in [0.05, 0.1) is 20.5 Å². The smallest absolute Gasteiger partial charge is 0.216 e. The van der Waals surface area contributed by atoms with Crippen LogP contribution in [-0.4, -0.2) is 54.2 Å². The zero-order chi connectivity index (χ0) is 18.8. The molecule has 3 rings (SSSR count). The summed E-state index contributed by atoms with van der Waals surface area (Å²) < 4.78 is 50.5. The van der Waals surface area contributed by atoms with E-state index < -0.39 is 19.7 Å². The van der Waals surface area contributed by atoms with E-state index >= 15 is 0 Å². The van der Waals surface area contributed by atoms with E-state index in [-0.39, 0.29) is 44.6 Å². The number of anilines is 1. The predicted molar refractivity (Wildman–Crippen MR) is 118 cm³/mol. The summed E-state index contributed by atoms with van der Waals surface area (Å²) in [6.07, 6.45) is 2.23. The number of likely N-dealkylation sites (tertiary alicyclic amines) is 1. The molecule has 0 radical (unpaired) electrons. The van der Waals surface area contributed by atoms with E-state index in [0.29, 0.717) is 6.54 Å². The molecule has 1 aromatic heterocycles. The second-order valence-corrected chi connectivity index (χ2v) is 11.6. The third-order valence-electron chi connectivity index (χ3n) is 4.46. The molecule has 6 nitrogen and oxygen atoms in total. The molecule has 1 aliphatic rings. The Bertz CT molecular complexity index is 968. The fourth-order valence-corrected chi connectivity index (χ4v) is 6.76. The number of thiophene rings is 1. The van der Waals surface area contributed by atoms with E-state index in [1.165, 1.54) is 24.3 Å². The number of sulfone groups is 2. The maximum Gasteiger partial charge on any atom is 0.216 e. The van der Waals surface area contributed by atoms with E-state index in [1.54, 1.807) is 19.2 Å². The summed E-state index contributed by atoms with van der Waals surface area (Å²) in [7, 11) is -5.33. The van der Waals surface area contributed by atoms with Gasteiger partial charge in [-0.2, -0.15) is 0 Å². The van der Waals surface area contributed by atoms with Crippen molar-refractivity contribution >= 4 is 60.8 Å². The number of nitrogens with one attached hydrogen (secondary N) is 1. The Balaban J connectivity index is 0.00000196. The van der Waals surface area contributed by atoms with E-state index in [1.807, 2.05) is 0 Å². The van der Waals surface area contributed by atoms with Crippen molar-refractivity contribution in [2.45, 2.75) is 26.8 Å². The lowest BCUT2D eigenvalue weighted by molar-refractivity contribution is 0.359. The van der Waals surface area contributed by atoms with Crippen LogP contribution < -0.4 is 5.32 Å². The van der Waals surface area contributed by atoms with Crippen LogP contribution in [-0.2, 0) is 19.7 Å². The molecule has 158 valence electrons. The maximum absolute atomic E-state index is 12.7. The number of halogens is 2. The second kappa shape index (κ2) is 10.3. The number of hydrogen-bond acceptors (Lipinski definition) is 7. The summed E-state index contributed by atoms with van der Waals surface area (Å²) >= 11 is 1.14. The van der Waals surface area contributed by atoms with Gasteiger partial charge in [-0.1, -0.05) is 0 Å². The summed E-state index contributed by atoms with van der Waals surface area (Å²) in [6.45, 7) is 2.41. The Morgan fingerprint density at radius 2 is 1.50 bits per heavy atom. The van der Waals surface area contributed by atoms with Gasteiger partial charge in [-0.15, -0.1) is 36.2 Å². The third kappa shape index (κ3) is 5.61. The number of hydrogen-bond donors (Lipinski definition) is 1. The van der Waals surface area contributed by atoms with Crippen LogP contribution >= 0.6 is 36.2 Å². The molecule has 0 spiro atoms. The van der Waals surface area contributed by atoms with Crippen molar-refractivity contribution in [3.8, 4) is 0 Å². The fraction of sp³-hybridized carbons (Fsp3) is 0.412. The molecular weight excluding hydrogens is 463 g/mol. The van der Waals surface area contributed by atoms with Gasteiger partial charge >= 0.3 is 0 Å². The summed E-state index contributed by atoms with van der Waals surface area (Å²) in [6, 6.07) is 8.77. The first-order valence-corrected chi connectivity index (χ1v) is 12.4. The second-order valence-electron chi connectivity index (χ2n) is 6.21. The fourth-order valence-electron chi connectivity index (χ4n) is 2.91. The monoisotopic (exact) mass is 486 g/mol. The summed E-state index contributed by atoms with van der Waals surface area (Å²) in [4.78, 5) is 2.41. The molecule has 1 aromatic carbocycles. The Morgan fingerprint density at radius 1 is 0.929 bits per heavy atom. The Kier molecular flexibility index (Phi) is 9.24. The van der Waals surface area contributed by atoms with Gasteiger partial charge in [0.2, 0.25) is 9.84 Å². The van der Waals surface area contributed by atoms with Crippen molar-refractivity contribution in [3.05, 3.63) is 36.4 Å². The van der Waals surface area contributed by atoms with Crippen LogP contribution in [0.2, 0.25) is 0 Å². The number of benzene rings is 1. The Hall–Kier alpha value is -0.840. The predicted octanol–water partition coefficient (Wildman–Crippen LogP) is 3.34. The van der Waals surface area contributed by atoms with Crippen LogP contribution in [0.1, 0.15) is 12.8 Å². The molecule has 1 aliphatic heterocycles. The Morgan fingerprint density at radius 3 is 2.04 bits per heavy atom. The van der Waals surface area contributed by atoms with Gasteiger partial charge < -0.3 is 10.2 Å². The topological polar surface area (TPSA) is 83.5 Å². The molecule has 28 heavy (non-hydrogen) atoms. The zero-order valence-corrected chi connectivity index (χ0v) is 19.4. The molecule has 1 saturated heterocycles. The Labute approximate surface area is 183 Å². The van der Waals surface area contributed by atoms with Gasteiger partial charge in [-0.3, -0.25) is 0 Å². The maximum atomic E-state index is 12.7. The zero-order valence-electron chi connectivity index (χ0n) is 15.3. The first-order chi connectivity index (χ1) is 12.3. The highest BCUT2D eigenvalue weighted by molar-refractivity contribution is 7.93. The molecule has 1 N–H and O–H groups in total. The lowest BCUT2D eigenvalue weighted by atomic mass is 10.4. The lowest BCUT2D eigenvalue weighted by Crippen LogP contribution is -2.26. The molecular formula is C17H24Cl2N2O4S3. The SMILES string of the molecule is CNc1ccc(S(=O)(=O)c2ccc(S(=O)(=O)CCN3CCCC3)cc2)s1.Cl.Cl. The van der Waals surface area contributed by atoms with Crippen LogP contribution in [0.3, 0.4) is 0 Å². The number of rotatable bonds is 7. The minimum absolute atomic E-state index is 0. The van der Waals surface area contributed by atoms with E-state index in [0.717, 1.165) is 42.3 Å².